The Bertz CT molecular complexity index is 993. The zero-order valence-corrected chi connectivity index (χ0v) is 19.2. The largest absolute Gasteiger partial charge is 0.463 e. The third-order valence-electron chi connectivity index (χ3n) is 4.62. The van der Waals surface area contributed by atoms with Gasteiger partial charge in [-0.25, -0.2) is 0 Å². The van der Waals surface area contributed by atoms with E-state index in [4.69, 9.17) is 23.7 Å². The van der Waals surface area contributed by atoms with Crippen LogP contribution < -0.4 is 5.32 Å². The van der Waals surface area contributed by atoms with Crippen LogP contribution in [-0.2, 0) is 42.9 Å². The van der Waals surface area contributed by atoms with Crippen molar-refractivity contribution in [3.05, 3.63) is 39.9 Å². The fourth-order valence-electron chi connectivity index (χ4n) is 3.29. The van der Waals surface area contributed by atoms with E-state index in [2.05, 4.69) is 5.32 Å². The maximum Gasteiger partial charge on any atom is 0.305 e. The summed E-state index contributed by atoms with van der Waals surface area (Å²) in [5, 5.41) is 13.4. The smallest absolute Gasteiger partial charge is 0.305 e. The Kier molecular flexibility index (Phi) is 9.22. The van der Waals surface area contributed by atoms with Gasteiger partial charge in [0, 0.05) is 45.4 Å². The molecule has 0 aliphatic carbocycles. The van der Waals surface area contributed by atoms with Crippen molar-refractivity contribution in [1.82, 2.24) is 5.32 Å². The van der Waals surface area contributed by atoms with Crippen molar-refractivity contribution >= 4 is 35.5 Å². The van der Waals surface area contributed by atoms with Crippen LogP contribution >= 0.6 is 0 Å². The molecule has 1 amide bonds. The number of amides is 1. The average Bonchev–Trinajstić information content (AvgIpc) is 2.75. The van der Waals surface area contributed by atoms with Crippen molar-refractivity contribution in [2.45, 2.75) is 58.3 Å². The number of ether oxygens (including phenoxy) is 5. The predicted octanol–water partition coefficient (Wildman–Crippen LogP) is 0.408. The first kappa shape index (κ1) is 27.2. The molecule has 0 radical (unpaired) electrons. The Morgan fingerprint density at radius 3 is 1.91 bits per heavy atom. The molecule has 0 bridgehead atoms. The SMILES string of the molecule is CC(=O)OC[C@H]1O[C@@H](OC(C)=O)[C@H](NC(=O)c2ccc([N+](=O)[O-])cc2)[C@@H](OC(C)=O)[C@@H]1OC(C)=O. The summed E-state index contributed by atoms with van der Waals surface area (Å²) in [4.78, 5) is 69.8. The van der Waals surface area contributed by atoms with E-state index in [-0.39, 0.29) is 11.3 Å². The molecule has 1 saturated heterocycles. The molecule has 0 aromatic heterocycles. The van der Waals surface area contributed by atoms with Gasteiger partial charge in [-0.2, -0.15) is 0 Å². The van der Waals surface area contributed by atoms with Crippen LogP contribution in [0.15, 0.2) is 24.3 Å². The van der Waals surface area contributed by atoms with Gasteiger partial charge in [0.25, 0.3) is 11.6 Å². The van der Waals surface area contributed by atoms with Crippen molar-refractivity contribution in [3.8, 4) is 0 Å². The van der Waals surface area contributed by atoms with Gasteiger partial charge in [-0.3, -0.25) is 34.1 Å². The first-order valence-electron chi connectivity index (χ1n) is 10.2. The standard InChI is InChI=1S/C21H24N2O12/c1-10(24)31-9-16-18(32-11(2)25)19(33-12(3)26)17(21(35-16)34-13(4)27)22-20(28)14-5-7-15(8-6-14)23(29)30/h5-8,16-19,21H,9H2,1-4H3,(H,22,28)/t16-,17-,18-,19-,21-/m1/s1. The maximum absolute atomic E-state index is 12.9. The van der Waals surface area contributed by atoms with E-state index in [0.717, 1.165) is 39.8 Å². The highest BCUT2D eigenvalue weighted by molar-refractivity contribution is 5.94. The van der Waals surface area contributed by atoms with E-state index in [1.165, 1.54) is 12.1 Å². The molecule has 190 valence electrons. The Morgan fingerprint density at radius 2 is 1.43 bits per heavy atom. The molecule has 1 fully saturated rings. The van der Waals surface area contributed by atoms with Crippen molar-refractivity contribution in [2.75, 3.05) is 6.61 Å². The average molecular weight is 496 g/mol. The summed E-state index contributed by atoms with van der Waals surface area (Å²) in [6.45, 7) is 3.89. The molecular formula is C21H24N2O12. The lowest BCUT2D eigenvalue weighted by molar-refractivity contribution is -0.384. The predicted molar refractivity (Wildman–Crippen MR) is 113 cm³/mol. The maximum atomic E-state index is 12.9. The molecule has 0 saturated carbocycles. The fraction of sp³-hybridized carbons (Fsp3) is 0.476. The molecule has 1 aliphatic rings. The number of carbonyl (C=O) groups excluding carboxylic acids is 5. The summed E-state index contributed by atoms with van der Waals surface area (Å²) in [7, 11) is 0. The number of hydrogen-bond donors (Lipinski definition) is 1. The highest BCUT2D eigenvalue weighted by Gasteiger charge is 2.52. The van der Waals surface area contributed by atoms with Gasteiger partial charge in [-0.05, 0) is 12.1 Å². The molecule has 1 N–H and O–H groups in total. The van der Waals surface area contributed by atoms with Crippen LogP contribution in [0, 0.1) is 10.1 Å². The second-order valence-corrected chi connectivity index (χ2v) is 7.41. The monoisotopic (exact) mass is 496 g/mol. The normalized spacial score (nSPS) is 23.4. The van der Waals surface area contributed by atoms with E-state index >= 15 is 0 Å². The number of nitro benzene ring substituents is 1. The fourth-order valence-corrected chi connectivity index (χ4v) is 3.29. The minimum absolute atomic E-state index is 0.00942. The summed E-state index contributed by atoms with van der Waals surface area (Å²) in [5.74, 6) is -3.91. The number of nitro groups is 1. The van der Waals surface area contributed by atoms with Crippen molar-refractivity contribution in [2.24, 2.45) is 0 Å². The number of carbonyl (C=O) groups is 5. The first-order valence-corrected chi connectivity index (χ1v) is 10.2. The molecule has 14 heteroatoms. The molecule has 1 aromatic carbocycles. The van der Waals surface area contributed by atoms with Gasteiger partial charge in [-0.1, -0.05) is 0 Å². The van der Waals surface area contributed by atoms with Gasteiger partial charge in [0.1, 0.15) is 18.8 Å². The zero-order valence-electron chi connectivity index (χ0n) is 19.2. The van der Waals surface area contributed by atoms with Crippen molar-refractivity contribution in [3.63, 3.8) is 0 Å². The lowest BCUT2D eigenvalue weighted by Gasteiger charge is -2.44. The topological polar surface area (TPSA) is 187 Å². The van der Waals surface area contributed by atoms with Gasteiger partial charge in [0.15, 0.2) is 12.2 Å². The zero-order chi connectivity index (χ0) is 26.3. The quantitative estimate of drug-likeness (QED) is 0.226. The number of nitrogens with zero attached hydrogens (tertiary/aromatic N) is 1. The van der Waals surface area contributed by atoms with Gasteiger partial charge < -0.3 is 29.0 Å². The Balaban J connectivity index is 2.44. The van der Waals surface area contributed by atoms with Gasteiger partial charge >= 0.3 is 23.9 Å². The summed E-state index contributed by atoms with van der Waals surface area (Å²) in [6, 6.07) is 3.20. The summed E-state index contributed by atoms with van der Waals surface area (Å²) < 4.78 is 26.4. The second-order valence-electron chi connectivity index (χ2n) is 7.41. The molecule has 35 heavy (non-hydrogen) atoms. The van der Waals surface area contributed by atoms with Crippen molar-refractivity contribution < 1.29 is 52.6 Å². The molecule has 1 heterocycles. The third-order valence-corrected chi connectivity index (χ3v) is 4.62. The van der Waals surface area contributed by atoms with Crippen LogP contribution in [0.3, 0.4) is 0 Å². The molecule has 0 unspecified atom stereocenters. The molecule has 2 rings (SSSR count). The number of rotatable bonds is 8. The number of nitrogens with one attached hydrogen (secondary N) is 1. The third kappa shape index (κ3) is 7.74. The number of non-ortho nitro benzene ring substituents is 1. The van der Waals surface area contributed by atoms with E-state index in [9.17, 15) is 34.1 Å². The molecular weight excluding hydrogens is 472 g/mol. The van der Waals surface area contributed by atoms with Crippen LogP contribution in [0.2, 0.25) is 0 Å². The molecule has 14 nitrogen and oxygen atoms in total. The lowest BCUT2D eigenvalue weighted by Crippen LogP contribution is -2.67. The number of esters is 4. The van der Waals surface area contributed by atoms with E-state index in [1.807, 2.05) is 0 Å². The Hall–Kier alpha value is -4.07. The Labute approximate surface area is 198 Å². The van der Waals surface area contributed by atoms with Crippen LogP contribution in [-0.4, -0.2) is 72.0 Å². The minimum atomic E-state index is -1.55. The lowest BCUT2D eigenvalue weighted by atomic mass is 9.95. The minimum Gasteiger partial charge on any atom is -0.463 e. The first-order chi connectivity index (χ1) is 16.4. The highest BCUT2D eigenvalue weighted by Crippen LogP contribution is 2.28. The van der Waals surface area contributed by atoms with E-state index in [0.29, 0.717) is 0 Å². The van der Waals surface area contributed by atoms with Gasteiger partial charge in [-0.15, -0.1) is 0 Å². The molecule has 0 spiro atoms. The summed E-state index contributed by atoms with van der Waals surface area (Å²) in [5.41, 5.74) is -0.258. The van der Waals surface area contributed by atoms with Gasteiger partial charge in [0.2, 0.25) is 6.29 Å². The number of benzene rings is 1. The van der Waals surface area contributed by atoms with Crippen molar-refractivity contribution in [1.29, 1.82) is 0 Å². The second kappa shape index (κ2) is 11.9. The Morgan fingerprint density at radius 1 is 0.886 bits per heavy atom. The molecule has 1 aliphatic heterocycles. The van der Waals surface area contributed by atoms with Crippen LogP contribution in [0.5, 0.6) is 0 Å². The van der Waals surface area contributed by atoms with E-state index in [1.54, 1.807) is 0 Å². The summed E-state index contributed by atoms with van der Waals surface area (Å²) >= 11 is 0. The summed E-state index contributed by atoms with van der Waals surface area (Å²) in [6.07, 6.45) is -5.59. The molecule has 5 atom stereocenters. The van der Waals surface area contributed by atoms with Crippen LogP contribution in [0.1, 0.15) is 38.1 Å². The molecule has 1 aromatic rings. The number of hydrogen-bond acceptors (Lipinski definition) is 12. The van der Waals surface area contributed by atoms with Gasteiger partial charge in [0.05, 0.1) is 4.92 Å². The van der Waals surface area contributed by atoms with Crippen LogP contribution in [0.4, 0.5) is 5.69 Å². The van der Waals surface area contributed by atoms with E-state index < -0.39 is 72.0 Å². The van der Waals surface area contributed by atoms with Crippen LogP contribution in [0.25, 0.3) is 0 Å². The highest BCUT2D eigenvalue weighted by atomic mass is 16.7.